The van der Waals surface area contributed by atoms with Crippen LogP contribution in [0.2, 0.25) is 0 Å². The van der Waals surface area contributed by atoms with Crippen LogP contribution in [0.4, 0.5) is 0 Å². The third-order valence-electron chi connectivity index (χ3n) is 1.48. The molecule has 0 aromatic carbocycles. The monoisotopic (exact) mass is 116 g/mol. The number of hydrogen-bond acceptors (Lipinski definition) is 3. The Bertz CT molecular complexity index is 76.8. The lowest BCUT2D eigenvalue weighted by Crippen LogP contribution is -2.22. The lowest BCUT2D eigenvalue weighted by molar-refractivity contribution is -0.0802. The van der Waals surface area contributed by atoms with Crippen LogP contribution < -0.4 is 0 Å². The second-order valence-electron chi connectivity index (χ2n) is 2.08. The Morgan fingerprint density at radius 3 is 2.50 bits per heavy atom. The van der Waals surface area contributed by atoms with Crippen LogP contribution in [0.1, 0.15) is 6.92 Å². The fourth-order valence-corrected chi connectivity index (χ4v) is 0.887. The largest absolute Gasteiger partial charge is 0.313 e. The fraction of sp³-hybridized carbons (Fsp3) is 1.00. The summed E-state index contributed by atoms with van der Waals surface area (Å²) in [6, 6.07) is 0. The molecular formula is C5H12N2O. The SMILES string of the molecule is CCN1CCN(O)C1. The molecule has 1 aliphatic heterocycles. The molecule has 1 fully saturated rings. The highest BCUT2D eigenvalue weighted by Crippen LogP contribution is 1.98. The molecule has 0 amide bonds. The summed E-state index contributed by atoms with van der Waals surface area (Å²) in [6.07, 6.45) is 0. The average molecular weight is 116 g/mol. The summed E-state index contributed by atoms with van der Waals surface area (Å²) in [5, 5.41) is 10.2. The molecule has 0 spiro atoms. The summed E-state index contributed by atoms with van der Waals surface area (Å²) < 4.78 is 0. The van der Waals surface area contributed by atoms with E-state index < -0.39 is 0 Å². The molecule has 0 unspecified atom stereocenters. The quantitative estimate of drug-likeness (QED) is 0.521. The summed E-state index contributed by atoms with van der Waals surface area (Å²) in [5.74, 6) is 0. The van der Waals surface area contributed by atoms with E-state index in [-0.39, 0.29) is 0 Å². The standard InChI is InChI=1S/C5H12N2O/c1-2-6-3-4-7(8)5-6/h8H,2-5H2,1H3. The van der Waals surface area contributed by atoms with Gasteiger partial charge in [-0.1, -0.05) is 6.92 Å². The molecule has 1 saturated heterocycles. The van der Waals surface area contributed by atoms with E-state index in [0.717, 1.165) is 26.3 Å². The normalized spacial score (nSPS) is 24.8. The van der Waals surface area contributed by atoms with Gasteiger partial charge in [0.05, 0.1) is 6.67 Å². The molecule has 1 heterocycles. The lowest BCUT2D eigenvalue weighted by Gasteiger charge is -2.09. The highest BCUT2D eigenvalue weighted by Gasteiger charge is 2.14. The Balaban J connectivity index is 2.22. The van der Waals surface area contributed by atoms with E-state index in [2.05, 4.69) is 11.8 Å². The van der Waals surface area contributed by atoms with Crippen LogP contribution in [0.5, 0.6) is 0 Å². The minimum Gasteiger partial charge on any atom is -0.313 e. The van der Waals surface area contributed by atoms with E-state index in [4.69, 9.17) is 5.21 Å². The second-order valence-corrected chi connectivity index (χ2v) is 2.08. The van der Waals surface area contributed by atoms with Crippen LogP contribution in [0.3, 0.4) is 0 Å². The molecular weight excluding hydrogens is 104 g/mol. The minimum absolute atomic E-state index is 0.719. The van der Waals surface area contributed by atoms with Gasteiger partial charge in [-0.25, -0.2) is 0 Å². The Kier molecular flexibility index (Phi) is 1.83. The maximum absolute atomic E-state index is 8.82. The zero-order valence-electron chi connectivity index (χ0n) is 5.17. The predicted octanol–water partition coefficient (Wildman–Crippen LogP) is -0.0294. The molecule has 48 valence electrons. The van der Waals surface area contributed by atoms with Gasteiger partial charge in [-0.3, -0.25) is 4.90 Å². The number of rotatable bonds is 1. The molecule has 0 aromatic rings. The van der Waals surface area contributed by atoms with Crippen LogP contribution in [-0.2, 0) is 0 Å². The predicted molar refractivity (Wildman–Crippen MR) is 30.6 cm³/mol. The van der Waals surface area contributed by atoms with Gasteiger partial charge in [-0.15, -0.1) is 0 Å². The molecule has 3 heteroatoms. The van der Waals surface area contributed by atoms with Crippen molar-refractivity contribution in [2.75, 3.05) is 26.3 Å². The van der Waals surface area contributed by atoms with E-state index in [0.29, 0.717) is 0 Å². The maximum atomic E-state index is 8.82. The van der Waals surface area contributed by atoms with E-state index in [9.17, 15) is 0 Å². The molecule has 0 saturated carbocycles. The van der Waals surface area contributed by atoms with Gasteiger partial charge in [-0.2, -0.15) is 5.06 Å². The second kappa shape index (κ2) is 2.44. The Hall–Kier alpha value is -0.120. The third-order valence-corrected chi connectivity index (χ3v) is 1.48. The first-order valence-corrected chi connectivity index (χ1v) is 2.99. The van der Waals surface area contributed by atoms with Crippen LogP contribution in [0.25, 0.3) is 0 Å². The van der Waals surface area contributed by atoms with Gasteiger partial charge in [0.1, 0.15) is 0 Å². The Labute approximate surface area is 49.5 Å². The Morgan fingerprint density at radius 1 is 1.50 bits per heavy atom. The first-order valence-electron chi connectivity index (χ1n) is 2.99. The Morgan fingerprint density at radius 2 is 2.25 bits per heavy atom. The van der Waals surface area contributed by atoms with Crippen molar-refractivity contribution in [3.05, 3.63) is 0 Å². The van der Waals surface area contributed by atoms with Gasteiger partial charge in [0.15, 0.2) is 0 Å². The average Bonchev–Trinajstić information content (AvgIpc) is 2.14. The van der Waals surface area contributed by atoms with Crippen molar-refractivity contribution in [1.29, 1.82) is 0 Å². The first kappa shape index (κ1) is 6.01. The summed E-state index contributed by atoms with van der Waals surface area (Å²) in [5.41, 5.74) is 0. The first-order chi connectivity index (χ1) is 3.83. The van der Waals surface area contributed by atoms with Crippen LogP contribution in [0.15, 0.2) is 0 Å². The number of likely N-dealkylation sites (N-methyl/N-ethyl adjacent to an activating group) is 1. The molecule has 0 aromatic heterocycles. The van der Waals surface area contributed by atoms with Crippen molar-refractivity contribution in [2.24, 2.45) is 0 Å². The molecule has 8 heavy (non-hydrogen) atoms. The highest BCUT2D eigenvalue weighted by molar-refractivity contribution is 4.61. The number of nitrogens with zero attached hydrogens (tertiary/aromatic N) is 2. The van der Waals surface area contributed by atoms with E-state index in [1.54, 1.807) is 0 Å². The lowest BCUT2D eigenvalue weighted by atomic mass is 10.6. The zero-order chi connectivity index (χ0) is 5.98. The van der Waals surface area contributed by atoms with Gasteiger partial charge in [-0.05, 0) is 6.54 Å². The van der Waals surface area contributed by atoms with Crippen LogP contribution in [0, 0.1) is 0 Å². The third kappa shape index (κ3) is 1.18. The summed E-state index contributed by atoms with van der Waals surface area (Å²) in [4.78, 5) is 2.18. The van der Waals surface area contributed by atoms with Gasteiger partial charge in [0.2, 0.25) is 0 Å². The number of hydrogen-bond donors (Lipinski definition) is 1. The smallest absolute Gasteiger partial charge is 0.0755 e. The van der Waals surface area contributed by atoms with Gasteiger partial charge in [0, 0.05) is 13.1 Å². The molecule has 0 atom stereocenters. The van der Waals surface area contributed by atoms with Crippen molar-refractivity contribution in [3.63, 3.8) is 0 Å². The van der Waals surface area contributed by atoms with E-state index in [1.807, 2.05) is 0 Å². The summed E-state index contributed by atoms with van der Waals surface area (Å²) >= 11 is 0. The van der Waals surface area contributed by atoms with Crippen molar-refractivity contribution in [3.8, 4) is 0 Å². The summed E-state index contributed by atoms with van der Waals surface area (Å²) in [7, 11) is 0. The molecule has 1 aliphatic rings. The minimum atomic E-state index is 0.719. The van der Waals surface area contributed by atoms with Crippen LogP contribution >= 0.6 is 0 Å². The van der Waals surface area contributed by atoms with Crippen molar-refractivity contribution < 1.29 is 5.21 Å². The van der Waals surface area contributed by atoms with E-state index >= 15 is 0 Å². The van der Waals surface area contributed by atoms with Crippen molar-refractivity contribution in [2.45, 2.75) is 6.92 Å². The topological polar surface area (TPSA) is 26.7 Å². The van der Waals surface area contributed by atoms with Crippen LogP contribution in [-0.4, -0.2) is 41.5 Å². The van der Waals surface area contributed by atoms with Gasteiger partial charge in [0.25, 0.3) is 0 Å². The maximum Gasteiger partial charge on any atom is 0.0755 e. The zero-order valence-corrected chi connectivity index (χ0v) is 5.17. The number of hydroxylamine groups is 2. The molecule has 0 aliphatic carbocycles. The van der Waals surface area contributed by atoms with E-state index in [1.165, 1.54) is 5.06 Å². The molecule has 0 bridgehead atoms. The van der Waals surface area contributed by atoms with Gasteiger partial charge < -0.3 is 5.21 Å². The molecule has 3 nitrogen and oxygen atoms in total. The molecule has 0 radical (unpaired) electrons. The van der Waals surface area contributed by atoms with Crippen molar-refractivity contribution >= 4 is 0 Å². The summed E-state index contributed by atoms with van der Waals surface area (Å²) in [6.45, 7) is 5.66. The molecule has 1 rings (SSSR count). The van der Waals surface area contributed by atoms with Crippen molar-refractivity contribution in [1.82, 2.24) is 9.96 Å². The molecule has 1 N–H and O–H groups in total. The van der Waals surface area contributed by atoms with Gasteiger partial charge >= 0.3 is 0 Å². The fourth-order valence-electron chi connectivity index (χ4n) is 0.887. The highest BCUT2D eigenvalue weighted by atomic mass is 16.5.